The number of ether oxygens (including phenoxy) is 1. The Kier molecular flexibility index (Phi) is 5.13. The summed E-state index contributed by atoms with van der Waals surface area (Å²) in [7, 11) is 1.57. The molecule has 4 nitrogen and oxygen atoms in total. The molecule has 130 valence electrons. The van der Waals surface area contributed by atoms with Crippen molar-refractivity contribution < 1.29 is 14.3 Å². The second-order valence-electron chi connectivity index (χ2n) is 5.94. The highest BCUT2D eigenvalue weighted by atomic mass is 16.5. The fourth-order valence-corrected chi connectivity index (χ4v) is 2.53. The fraction of sp³-hybridized carbons (Fsp3) is 0.0909. The Hall–Kier alpha value is -3.40. The zero-order valence-corrected chi connectivity index (χ0v) is 14.7. The molecule has 0 aliphatic carbocycles. The van der Waals surface area contributed by atoms with Gasteiger partial charge in [-0.3, -0.25) is 4.79 Å². The van der Waals surface area contributed by atoms with E-state index in [4.69, 9.17) is 4.74 Å². The average Bonchev–Trinajstić information content (AvgIpc) is 2.68. The van der Waals surface area contributed by atoms with Crippen molar-refractivity contribution in [1.29, 1.82) is 0 Å². The number of carbonyl (C=O) groups excluding carboxylic acids is 2. The molecule has 0 fully saturated rings. The van der Waals surface area contributed by atoms with Gasteiger partial charge >= 0.3 is 5.97 Å². The van der Waals surface area contributed by atoms with Gasteiger partial charge in [0.1, 0.15) is 5.75 Å². The number of esters is 1. The van der Waals surface area contributed by atoms with E-state index >= 15 is 0 Å². The Balaban J connectivity index is 1.70. The second kappa shape index (κ2) is 7.66. The van der Waals surface area contributed by atoms with Gasteiger partial charge in [0.05, 0.1) is 5.56 Å². The first-order chi connectivity index (χ1) is 12.6. The van der Waals surface area contributed by atoms with Crippen molar-refractivity contribution in [1.82, 2.24) is 5.32 Å². The smallest absolute Gasteiger partial charge is 0.343 e. The lowest BCUT2D eigenvalue weighted by Gasteiger charge is -2.07. The summed E-state index contributed by atoms with van der Waals surface area (Å²) >= 11 is 0. The zero-order valence-electron chi connectivity index (χ0n) is 14.7. The normalized spacial score (nSPS) is 10.2. The Labute approximate surface area is 152 Å². The maximum absolute atomic E-state index is 12.3. The predicted molar refractivity (Wildman–Crippen MR) is 101 cm³/mol. The number of carbonyl (C=O) groups is 2. The first-order valence-electron chi connectivity index (χ1n) is 8.28. The van der Waals surface area contributed by atoms with Gasteiger partial charge in [-0.1, -0.05) is 42.0 Å². The van der Waals surface area contributed by atoms with Crippen LogP contribution >= 0.6 is 0 Å². The lowest BCUT2D eigenvalue weighted by molar-refractivity contribution is 0.0734. The number of rotatable bonds is 4. The van der Waals surface area contributed by atoms with Crippen molar-refractivity contribution >= 4 is 11.9 Å². The summed E-state index contributed by atoms with van der Waals surface area (Å²) in [5.74, 6) is -0.229. The fourth-order valence-electron chi connectivity index (χ4n) is 2.53. The van der Waals surface area contributed by atoms with Gasteiger partial charge in [0.2, 0.25) is 0 Å². The quantitative estimate of drug-likeness (QED) is 0.568. The third-order valence-electron chi connectivity index (χ3n) is 4.06. The first kappa shape index (κ1) is 17.4. The molecular formula is C22H19NO3. The molecule has 3 aromatic rings. The minimum absolute atomic E-state index is 0.186. The van der Waals surface area contributed by atoms with Crippen LogP contribution in [0.1, 0.15) is 26.3 Å². The molecule has 0 aliphatic rings. The van der Waals surface area contributed by atoms with E-state index in [1.54, 1.807) is 43.4 Å². The molecule has 0 heterocycles. The molecule has 0 spiro atoms. The van der Waals surface area contributed by atoms with Crippen LogP contribution in [0.25, 0.3) is 11.1 Å². The summed E-state index contributed by atoms with van der Waals surface area (Å²) in [5, 5.41) is 2.54. The van der Waals surface area contributed by atoms with E-state index in [0.29, 0.717) is 16.9 Å². The van der Waals surface area contributed by atoms with Crippen LogP contribution in [0.15, 0.2) is 72.8 Å². The summed E-state index contributed by atoms with van der Waals surface area (Å²) in [5.41, 5.74) is 4.32. The van der Waals surface area contributed by atoms with Gasteiger partial charge in [0.15, 0.2) is 0 Å². The van der Waals surface area contributed by atoms with E-state index in [1.165, 1.54) is 5.56 Å². The highest BCUT2D eigenvalue weighted by molar-refractivity contribution is 5.94. The standard InChI is InChI=1S/C22H19NO3/c1-15-3-5-16(6-4-15)17-7-9-19(10-8-17)22(25)26-20-13-11-18(12-14-20)21(24)23-2/h3-14H,1-2H3,(H,23,24). The highest BCUT2D eigenvalue weighted by Crippen LogP contribution is 2.21. The van der Waals surface area contributed by atoms with Crippen molar-refractivity contribution in [2.24, 2.45) is 0 Å². The van der Waals surface area contributed by atoms with Gasteiger partial charge in [-0.15, -0.1) is 0 Å². The zero-order chi connectivity index (χ0) is 18.5. The maximum atomic E-state index is 12.3. The summed E-state index contributed by atoms with van der Waals surface area (Å²) in [6.07, 6.45) is 0. The van der Waals surface area contributed by atoms with Crippen molar-refractivity contribution in [3.8, 4) is 16.9 Å². The lowest BCUT2D eigenvalue weighted by atomic mass is 10.0. The molecule has 0 radical (unpaired) electrons. The van der Waals surface area contributed by atoms with Crippen LogP contribution < -0.4 is 10.1 Å². The molecule has 1 N–H and O–H groups in total. The molecule has 0 saturated carbocycles. The minimum Gasteiger partial charge on any atom is -0.423 e. The molecular weight excluding hydrogens is 326 g/mol. The van der Waals surface area contributed by atoms with Gasteiger partial charge in [0, 0.05) is 12.6 Å². The molecule has 1 amide bonds. The number of benzene rings is 3. The number of nitrogens with one attached hydrogen (secondary N) is 1. The number of amides is 1. The molecule has 0 bridgehead atoms. The van der Waals surface area contributed by atoms with Crippen molar-refractivity contribution in [2.75, 3.05) is 7.05 Å². The molecule has 0 saturated heterocycles. The van der Waals surface area contributed by atoms with Crippen molar-refractivity contribution in [3.63, 3.8) is 0 Å². The monoisotopic (exact) mass is 345 g/mol. The molecule has 4 heteroatoms. The van der Waals surface area contributed by atoms with Gasteiger partial charge in [-0.2, -0.15) is 0 Å². The molecule has 3 rings (SSSR count). The van der Waals surface area contributed by atoms with Gasteiger partial charge < -0.3 is 10.1 Å². The molecule has 0 aliphatic heterocycles. The van der Waals surface area contributed by atoms with Crippen LogP contribution in [0, 0.1) is 6.92 Å². The third kappa shape index (κ3) is 3.98. The Morgan fingerprint density at radius 3 is 1.77 bits per heavy atom. The molecule has 0 unspecified atom stereocenters. The topological polar surface area (TPSA) is 55.4 Å². The summed E-state index contributed by atoms with van der Waals surface area (Å²) < 4.78 is 5.36. The Bertz CT molecular complexity index is 911. The van der Waals surface area contributed by atoms with Crippen LogP contribution in [0.5, 0.6) is 5.75 Å². The van der Waals surface area contributed by atoms with Crippen LogP contribution in [0.4, 0.5) is 0 Å². The molecule has 3 aromatic carbocycles. The van der Waals surface area contributed by atoms with E-state index in [0.717, 1.165) is 11.1 Å². The third-order valence-corrected chi connectivity index (χ3v) is 4.06. The van der Waals surface area contributed by atoms with Crippen molar-refractivity contribution in [3.05, 3.63) is 89.5 Å². The average molecular weight is 345 g/mol. The number of hydrogen-bond acceptors (Lipinski definition) is 3. The van der Waals surface area contributed by atoms with Gasteiger partial charge in [-0.25, -0.2) is 4.79 Å². The van der Waals surface area contributed by atoms with Crippen LogP contribution in [-0.4, -0.2) is 18.9 Å². The van der Waals surface area contributed by atoms with Crippen LogP contribution in [0.3, 0.4) is 0 Å². The largest absolute Gasteiger partial charge is 0.423 e. The summed E-state index contributed by atoms with van der Waals surface area (Å²) in [6.45, 7) is 2.05. The molecule has 0 atom stereocenters. The maximum Gasteiger partial charge on any atom is 0.343 e. The van der Waals surface area contributed by atoms with Gasteiger partial charge in [0.25, 0.3) is 5.91 Å². The summed E-state index contributed by atoms with van der Waals surface area (Å²) in [6, 6.07) is 21.9. The number of aryl methyl sites for hydroxylation is 1. The summed E-state index contributed by atoms with van der Waals surface area (Å²) in [4.78, 5) is 23.8. The van der Waals surface area contributed by atoms with Crippen LogP contribution in [-0.2, 0) is 0 Å². The van der Waals surface area contributed by atoms with E-state index in [-0.39, 0.29) is 5.91 Å². The van der Waals surface area contributed by atoms with Gasteiger partial charge in [-0.05, 0) is 54.4 Å². The van der Waals surface area contributed by atoms with Crippen molar-refractivity contribution in [2.45, 2.75) is 6.92 Å². The molecule has 0 aromatic heterocycles. The van der Waals surface area contributed by atoms with E-state index in [1.807, 2.05) is 19.1 Å². The SMILES string of the molecule is CNC(=O)c1ccc(OC(=O)c2ccc(-c3ccc(C)cc3)cc2)cc1. The Morgan fingerprint density at radius 1 is 0.731 bits per heavy atom. The minimum atomic E-state index is -0.437. The van der Waals surface area contributed by atoms with E-state index in [2.05, 4.69) is 29.6 Å². The molecule has 26 heavy (non-hydrogen) atoms. The lowest BCUT2D eigenvalue weighted by Crippen LogP contribution is -2.17. The van der Waals surface area contributed by atoms with Crippen LogP contribution in [0.2, 0.25) is 0 Å². The first-order valence-corrected chi connectivity index (χ1v) is 8.28. The van der Waals surface area contributed by atoms with E-state index in [9.17, 15) is 9.59 Å². The second-order valence-corrected chi connectivity index (χ2v) is 5.94. The Morgan fingerprint density at radius 2 is 1.23 bits per heavy atom. The highest BCUT2D eigenvalue weighted by Gasteiger charge is 2.10. The number of hydrogen-bond donors (Lipinski definition) is 1. The predicted octanol–water partition coefficient (Wildman–Crippen LogP) is 4.24. The van der Waals surface area contributed by atoms with E-state index < -0.39 is 5.97 Å².